The van der Waals surface area contributed by atoms with Crippen molar-refractivity contribution in [3.63, 3.8) is 0 Å². The van der Waals surface area contributed by atoms with Crippen LogP contribution in [0.1, 0.15) is 24.2 Å². The Morgan fingerprint density at radius 3 is 2.48 bits per heavy atom. The standard InChI is InChI=1S/C17H20ClNO2/c1-11-10-13(8-9-15(11)18)21-17(12(2)19)14-6-4-5-7-16(14)20-3/h4-10,12,17H,19H2,1-3H3. The number of aryl methyl sites for hydroxylation is 1. The van der Waals surface area contributed by atoms with E-state index in [1.54, 1.807) is 7.11 Å². The second-order valence-electron chi connectivity index (χ2n) is 5.05. The molecule has 112 valence electrons. The van der Waals surface area contributed by atoms with E-state index in [0.717, 1.165) is 27.6 Å². The molecule has 0 saturated heterocycles. The second-order valence-corrected chi connectivity index (χ2v) is 5.46. The van der Waals surface area contributed by atoms with Gasteiger partial charge in [0.15, 0.2) is 0 Å². The molecule has 0 bridgehead atoms. The average Bonchev–Trinajstić information content (AvgIpc) is 2.48. The van der Waals surface area contributed by atoms with Crippen molar-refractivity contribution in [3.05, 3.63) is 58.6 Å². The Kier molecular flexibility index (Phi) is 5.10. The summed E-state index contributed by atoms with van der Waals surface area (Å²) < 4.78 is 11.5. The second kappa shape index (κ2) is 6.83. The molecule has 4 heteroatoms. The Morgan fingerprint density at radius 1 is 1.14 bits per heavy atom. The molecule has 0 amide bonds. The lowest BCUT2D eigenvalue weighted by Gasteiger charge is -2.24. The maximum atomic E-state index is 6.10. The highest BCUT2D eigenvalue weighted by atomic mass is 35.5. The number of rotatable bonds is 5. The van der Waals surface area contributed by atoms with Gasteiger partial charge in [0.2, 0.25) is 0 Å². The minimum atomic E-state index is -0.290. The number of methoxy groups -OCH3 is 1. The normalized spacial score (nSPS) is 13.6. The zero-order chi connectivity index (χ0) is 15.4. The Labute approximate surface area is 130 Å². The monoisotopic (exact) mass is 305 g/mol. The van der Waals surface area contributed by atoms with Crippen molar-refractivity contribution in [1.29, 1.82) is 0 Å². The lowest BCUT2D eigenvalue weighted by Crippen LogP contribution is -2.29. The van der Waals surface area contributed by atoms with Crippen LogP contribution < -0.4 is 15.2 Å². The topological polar surface area (TPSA) is 44.5 Å². The Balaban J connectivity index is 2.33. The highest BCUT2D eigenvalue weighted by Crippen LogP contribution is 2.32. The molecule has 2 rings (SSSR count). The van der Waals surface area contributed by atoms with Gasteiger partial charge in [-0.1, -0.05) is 29.8 Å². The molecule has 2 N–H and O–H groups in total. The molecule has 2 unspecified atom stereocenters. The Bertz CT molecular complexity index is 613. The van der Waals surface area contributed by atoms with Gasteiger partial charge in [-0.2, -0.15) is 0 Å². The van der Waals surface area contributed by atoms with Crippen molar-refractivity contribution in [2.75, 3.05) is 7.11 Å². The lowest BCUT2D eigenvalue weighted by atomic mass is 10.0. The molecular formula is C17H20ClNO2. The van der Waals surface area contributed by atoms with Crippen molar-refractivity contribution < 1.29 is 9.47 Å². The molecule has 0 aromatic heterocycles. The molecule has 2 aromatic carbocycles. The molecule has 0 heterocycles. The molecule has 0 saturated carbocycles. The van der Waals surface area contributed by atoms with E-state index in [0.29, 0.717) is 0 Å². The first kappa shape index (κ1) is 15.7. The number of hydrogen-bond donors (Lipinski definition) is 1. The van der Waals surface area contributed by atoms with E-state index in [9.17, 15) is 0 Å². The zero-order valence-electron chi connectivity index (χ0n) is 12.5. The molecular weight excluding hydrogens is 286 g/mol. The third-order valence-corrected chi connectivity index (χ3v) is 3.74. The first-order chi connectivity index (χ1) is 10.0. The van der Waals surface area contributed by atoms with Crippen molar-refractivity contribution in [3.8, 4) is 11.5 Å². The summed E-state index contributed by atoms with van der Waals surface area (Å²) in [5.74, 6) is 1.51. The van der Waals surface area contributed by atoms with Crippen molar-refractivity contribution in [2.24, 2.45) is 5.73 Å². The van der Waals surface area contributed by atoms with Crippen LogP contribution in [0.2, 0.25) is 5.02 Å². The van der Waals surface area contributed by atoms with E-state index in [4.69, 9.17) is 26.8 Å². The van der Waals surface area contributed by atoms with Crippen LogP contribution in [0.5, 0.6) is 11.5 Å². The van der Waals surface area contributed by atoms with Gasteiger partial charge >= 0.3 is 0 Å². The zero-order valence-corrected chi connectivity index (χ0v) is 13.2. The number of benzene rings is 2. The minimum Gasteiger partial charge on any atom is -0.496 e. The summed E-state index contributed by atoms with van der Waals surface area (Å²) in [5.41, 5.74) is 8.00. The lowest BCUT2D eigenvalue weighted by molar-refractivity contribution is 0.176. The fourth-order valence-corrected chi connectivity index (χ4v) is 2.31. The van der Waals surface area contributed by atoms with Gasteiger partial charge in [0, 0.05) is 16.6 Å². The van der Waals surface area contributed by atoms with Crippen LogP contribution >= 0.6 is 11.6 Å². The van der Waals surface area contributed by atoms with Gasteiger partial charge in [-0.05, 0) is 43.7 Å². The van der Waals surface area contributed by atoms with Crippen LogP contribution in [0.25, 0.3) is 0 Å². The van der Waals surface area contributed by atoms with Gasteiger partial charge in [-0.15, -0.1) is 0 Å². The fourth-order valence-electron chi connectivity index (χ4n) is 2.19. The van der Waals surface area contributed by atoms with Crippen molar-refractivity contribution in [1.82, 2.24) is 0 Å². The molecule has 2 atom stereocenters. The van der Waals surface area contributed by atoms with E-state index in [-0.39, 0.29) is 12.1 Å². The summed E-state index contributed by atoms with van der Waals surface area (Å²) in [6.45, 7) is 3.86. The molecule has 0 aliphatic rings. The quantitative estimate of drug-likeness (QED) is 0.903. The predicted molar refractivity (Wildman–Crippen MR) is 86.2 cm³/mol. The van der Waals surface area contributed by atoms with Crippen LogP contribution in [-0.2, 0) is 0 Å². The average molecular weight is 306 g/mol. The van der Waals surface area contributed by atoms with Gasteiger partial charge in [-0.25, -0.2) is 0 Å². The number of ether oxygens (including phenoxy) is 2. The third kappa shape index (κ3) is 3.69. The van der Waals surface area contributed by atoms with Crippen molar-refractivity contribution >= 4 is 11.6 Å². The number of halogens is 1. The Morgan fingerprint density at radius 2 is 1.86 bits per heavy atom. The maximum Gasteiger partial charge on any atom is 0.142 e. The summed E-state index contributed by atoms with van der Waals surface area (Å²) in [6.07, 6.45) is -0.290. The van der Waals surface area contributed by atoms with Gasteiger partial charge in [0.1, 0.15) is 17.6 Å². The van der Waals surface area contributed by atoms with Gasteiger partial charge in [0.05, 0.1) is 7.11 Å². The molecule has 0 fully saturated rings. The molecule has 0 radical (unpaired) electrons. The maximum absolute atomic E-state index is 6.10. The van der Waals surface area contributed by atoms with Crippen LogP contribution in [0, 0.1) is 6.92 Å². The minimum absolute atomic E-state index is 0.183. The van der Waals surface area contributed by atoms with Crippen molar-refractivity contribution in [2.45, 2.75) is 26.0 Å². The first-order valence-corrected chi connectivity index (χ1v) is 7.22. The SMILES string of the molecule is COc1ccccc1C(Oc1ccc(Cl)c(C)c1)C(C)N. The number of nitrogens with two attached hydrogens (primary N) is 1. The summed E-state index contributed by atoms with van der Waals surface area (Å²) in [4.78, 5) is 0. The van der Waals surface area contributed by atoms with E-state index >= 15 is 0 Å². The number of para-hydroxylation sites is 1. The number of hydrogen-bond acceptors (Lipinski definition) is 3. The van der Waals surface area contributed by atoms with Crippen LogP contribution in [0.15, 0.2) is 42.5 Å². The third-order valence-electron chi connectivity index (χ3n) is 3.32. The molecule has 0 aliphatic heterocycles. The molecule has 2 aromatic rings. The predicted octanol–water partition coefficient (Wildman–Crippen LogP) is 4.12. The summed E-state index contributed by atoms with van der Waals surface area (Å²) in [6, 6.07) is 13.1. The van der Waals surface area contributed by atoms with E-state index in [1.807, 2.05) is 56.3 Å². The van der Waals surface area contributed by atoms with E-state index in [2.05, 4.69) is 0 Å². The molecule has 0 spiro atoms. The summed E-state index contributed by atoms with van der Waals surface area (Å²) in [5, 5.41) is 0.719. The highest BCUT2D eigenvalue weighted by molar-refractivity contribution is 6.31. The first-order valence-electron chi connectivity index (χ1n) is 6.84. The smallest absolute Gasteiger partial charge is 0.142 e. The van der Waals surface area contributed by atoms with Gasteiger partial charge in [0.25, 0.3) is 0 Å². The molecule has 3 nitrogen and oxygen atoms in total. The molecule has 0 aliphatic carbocycles. The van der Waals surface area contributed by atoms with Gasteiger partial charge in [-0.3, -0.25) is 0 Å². The largest absolute Gasteiger partial charge is 0.496 e. The van der Waals surface area contributed by atoms with E-state index in [1.165, 1.54) is 0 Å². The highest BCUT2D eigenvalue weighted by Gasteiger charge is 2.22. The summed E-state index contributed by atoms with van der Waals surface area (Å²) >= 11 is 6.04. The summed E-state index contributed by atoms with van der Waals surface area (Å²) in [7, 11) is 1.64. The van der Waals surface area contributed by atoms with Crippen LogP contribution in [-0.4, -0.2) is 13.2 Å². The van der Waals surface area contributed by atoms with Crippen LogP contribution in [0.3, 0.4) is 0 Å². The van der Waals surface area contributed by atoms with Gasteiger partial charge < -0.3 is 15.2 Å². The van der Waals surface area contributed by atoms with E-state index < -0.39 is 0 Å². The molecule has 21 heavy (non-hydrogen) atoms. The van der Waals surface area contributed by atoms with Crippen LogP contribution in [0.4, 0.5) is 0 Å². The fraction of sp³-hybridized carbons (Fsp3) is 0.294. The Hall–Kier alpha value is -1.71.